The van der Waals surface area contributed by atoms with Crippen molar-refractivity contribution in [2.75, 3.05) is 13.4 Å². The van der Waals surface area contributed by atoms with Gasteiger partial charge in [-0.05, 0) is 48.6 Å². The molecule has 0 bridgehead atoms. The topological polar surface area (TPSA) is 97.1 Å². The van der Waals surface area contributed by atoms with Crippen molar-refractivity contribution in [3.05, 3.63) is 95.4 Å². The highest BCUT2D eigenvalue weighted by Crippen LogP contribution is 2.40. The van der Waals surface area contributed by atoms with Gasteiger partial charge in [-0.1, -0.05) is 18.2 Å². The molecule has 0 radical (unpaired) electrons. The summed E-state index contributed by atoms with van der Waals surface area (Å²) >= 11 is 1.34. The van der Waals surface area contributed by atoms with Gasteiger partial charge in [-0.2, -0.15) is 0 Å². The molecule has 0 amide bonds. The molecule has 10 heteroatoms. The molecular formula is C29H23F2N3O4S. The molecule has 2 N–H and O–H groups in total. The Labute approximate surface area is 226 Å². The van der Waals surface area contributed by atoms with Gasteiger partial charge in [-0.25, -0.2) is 13.8 Å². The Bertz CT molecular complexity index is 1700. The third-order valence-corrected chi connectivity index (χ3v) is 7.00. The average Bonchev–Trinajstić information content (AvgIpc) is 3.63. The number of aromatic nitrogens is 3. The largest absolute Gasteiger partial charge is 0.469 e. The summed E-state index contributed by atoms with van der Waals surface area (Å²) in [7, 11) is 1.32. The Morgan fingerprint density at radius 1 is 1.05 bits per heavy atom. The fourth-order valence-electron chi connectivity index (χ4n) is 4.23. The molecular weight excluding hydrogens is 524 g/mol. The monoisotopic (exact) mass is 547 g/mol. The molecule has 0 unspecified atom stereocenters. The number of carbonyl (C=O) groups excluding carboxylic acids is 2. The lowest BCUT2D eigenvalue weighted by molar-refractivity contribution is -0.140. The molecule has 0 aliphatic carbocycles. The van der Waals surface area contributed by atoms with E-state index in [1.807, 2.05) is 18.4 Å². The number of hydrogen-bond acceptors (Lipinski definition) is 6. The van der Waals surface area contributed by atoms with Crippen molar-refractivity contribution in [3.8, 4) is 22.9 Å². The predicted octanol–water partition coefficient (Wildman–Crippen LogP) is 6.69. The summed E-state index contributed by atoms with van der Waals surface area (Å²) in [6, 6.07) is 14.1. The van der Waals surface area contributed by atoms with E-state index < -0.39 is 11.6 Å². The highest BCUT2D eigenvalue weighted by molar-refractivity contribution is 7.99. The molecule has 2 heterocycles. The van der Waals surface area contributed by atoms with Gasteiger partial charge < -0.3 is 19.4 Å². The second kappa shape index (κ2) is 11.1. The second-order valence-electron chi connectivity index (χ2n) is 8.65. The van der Waals surface area contributed by atoms with E-state index in [9.17, 15) is 18.4 Å². The highest BCUT2D eigenvalue weighted by Gasteiger charge is 2.19. The minimum Gasteiger partial charge on any atom is -0.469 e. The lowest BCUT2D eigenvalue weighted by atomic mass is 10.0. The first-order chi connectivity index (χ1) is 18.9. The number of aromatic amines is 2. The van der Waals surface area contributed by atoms with Gasteiger partial charge >= 0.3 is 5.97 Å². The van der Waals surface area contributed by atoms with Crippen LogP contribution in [-0.2, 0) is 16.0 Å². The van der Waals surface area contributed by atoms with Crippen LogP contribution in [0.3, 0.4) is 0 Å². The number of ketones is 1. The first-order valence-electron chi connectivity index (χ1n) is 11.9. The normalized spacial score (nSPS) is 11.1. The van der Waals surface area contributed by atoms with Gasteiger partial charge in [0, 0.05) is 35.2 Å². The molecule has 39 heavy (non-hydrogen) atoms. The maximum Gasteiger partial charge on any atom is 0.305 e. The van der Waals surface area contributed by atoms with Crippen molar-refractivity contribution < 1.29 is 27.8 Å². The van der Waals surface area contributed by atoms with E-state index in [4.69, 9.17) is 4.74 Å². The number of imidazole rings is 1. The number of benzene rings is 3. The number of H-pyrrole nitrogens is 2. The van der Waals surface area contributed by atoms with Gasteiger partial charge in [0.2, 0.25) is 5.78 Å². The van der Waals surface area contributed by atoms with Crippen LogP contribution >= 0.6 is 11.8 Å². The molecule has 198 valence electrons. The Morgan fingerprint density at radius 2 is 1.90 bits per heavy atom. The van der Waals surface area contributed by atoms with E-state index >= 15 is 0 Å². The molecule has 7 nitrogen and oxygen atoms in total. The quantitative estimate of drug-likeness (QED) is 0.121. The number of nitrogens with zero attached hydrogens (tertiary/aromatic N) is 1. The van der Waals surface area contributed by atoms with E-state index in [0.29, 0.717) is 22.4 Å². The second-order valence-corrected chi connectivity index (χ2v) is 9.47. The van der Waals surface area contributed by atoms with Crippen LogP contribution in [0.2, 0.25) is 0 Å². The van der Waals surface area contributed by atoms with Crippen molar-refractivity contribution in [2.45, 2.75) is 17.7 Å². The lowest BCUT2D eigenvalue weighted by Gasteiger charge is -2.13. The van der Waals surface area contributed by atoms with Crippen molar-refractivity contribution >= 4 is 34.4 Å². The van der Waals surface area contributed by atoms with Crippen LogP contribution < -0.4 is 4.74 Å². The molecule has 3 aromatic carbocycles. The third kappa shape index (κ3) is 5.42. The Kier molecular flexibility index (Phi) is 7.47. The van der Waals surface area contributed by atoms with Crippen molar-refractivity contribution in [1.29, 1.82) is 0 Å². The standard InChI is InChI=1S/C29H23F2N3O4S/c1-37-25(35)9-6-16-4-3-5-17(12-16)26(36)24-15-33-29(34-24)20-13-18(7-8-21(20)30)38-27-22(31)14-23-19(10-11-32-23)28(27)39-2/h3-5,7-8,10-15,32H,6,9H2,1-2H3,(H,33,34). The molecule has 5 aromatic rings. The van der Waals surface area contributed by atoms with E-state index in [1.54, 1.807) is 24.4 Å². The van der Waals surface area contributed by atoms with Crippen LogP contribution in [0, 0.1) is 11.6 Å². The fourth-order valence-corrected chi connectivity index (χ4v) is 4.96. The summed E-state index contributed by atoms with van der Waals surface area (Å²) in [5.41, 5.74) is 2.06. The molecule has 2 aromatic heterocycles. The fraction of sp³-hybridized carbons (Fsp3) is 0.138. The van der Waals surface area contributed by atoms with Gasteiger partial charge in [0.25, 0.3) is 0 Å². The Hall–Kier alpha value is -4.44. The van der Waals surface area contributed by atoms with E-state index in [-0.39, 0.29) is 46.8 Å². The summed E-state index contributed by atoms with van der Waals surface area (Å²) < 4.78 is 40.3. The van der Waals surface area contributed by atoms with Crippen molar-refractivity contribution in [1.82, 2.24) is 15.0 Å². The average molecular weight is 548 g/mol. The molecule has 0 spiro atoms. The van der Waals surface area contributed by atoms with Crippen LogP contribution in [-0.4, -0.2) is 40.1 Å². The zero-order valence-electron chi connectivity index (χ0n) is 21.0. The summed E-state index contributed by atoms with van der Waals surface area (Å²) in [4.78, 5) is 35.2. The first-order valence-corrected chi connectivity index (χ1v) is 13.2. The SMILES string of the molecule is COC(=O)CCc1cccc(C(=O)c2cnc(-c3cc(Oc4c(F)cc5[nH]ccc5c4SC)ccc3F)[nH]2)c1. The molecule has 0 saturated heterocycles. The van der Waals surface area contributed by atoms with Gasteiger partial charge in [0.15, 0.2) is 11.6 Å². The summed E-state index contributed by atoms with van der Waals surface area (Å²) in [5.74, 6) is -1.46. The maximum absolute atomic E-state index is 14.9. The molecule has 0 fully saturated rings. The number of methoxy groups -OCH3 is 1. The summed E-state index contributed by atoms with van der Waals surface area (Å²) in [6.07, 6.45) is 5.49. The van der Waals surface area contributed by atoms with Gasteiger partial charge in [-0.3, -0.25) is 9.59 Å². The number of halogens is 2. The lowest BCUT2D eigenvalue weighted by Crippen LogP contribution is -2.05. The first kappa shape index (κ1) is 26.2. The van der Waals surface area contributed by atoms with Gasteiger partial charge in [0.05, 0.1) is 23.8 Å². The number of rotatable bonds is 9. The number of fused-ring (bicyclic) bond motifs is 1. The van der Waals surface area contributed by atoms with Crippen LogP contribution in [0.1, 0.15) is 28.0 Å². The summed E-state index contributed by atoms with van der Waals surface area (Å²) in [5, 5.41) is 0.810. The minimum atomic E-state index is -0.591. The Balaban J connectivity index is 1.40. The maximum atomic E-state index is 14.9. The van der Waals surface area contributed by atoms with Gasteiger partial charge in [0.1, 0.15) is 23.1 Å². The van der Waals surface area contributed by atoms with E-state index in [1.165, 1.54) is 49.3 Å². The molecule has 0 aliphatic heterocycles. The van der Waals surface area contributed by atoms with Gasteiger partial charge in [-0.15, -0.1) is 11.8 Å². The smallest absolute Gasteiger partial charge is 0.305 e. The van der Waals surface area contributed by atoms with Crippen molar-refractivity contribution in [2.24, 2.45) is 0 Å². The van der Waals surface area contributed by atoms with Crippen LogP contribution in [0.5, 0.6) is 11.5 Å². The molecule has 0 atom stereocenters. The number of hydrogen-bond donors (Lipinski definition) is 2. The predicted molar refractivity (Wildman–Crippen MR) is 144 cm³/mol. The van der Waals surface area contributed by atoms with Crippen molar-refractivity contribution in [3.63, 3.8) is 0 Å². The summed E-state index contributed by atoms with van der Waals surface area (Å²) in [6.45, 7) is 0. The molecule has 0 saturated carbocycles. The van der Waals surface area contributed by atoms with Crippen LogP contribution in [0.4, 0.5) is 8.78 Å². The number of thioether (sulfide) groups is 1. The van der Waals surface area contributed by atoms with Crippen LogP contribution in [0.15, 0.2) is 71.9 Å². The Morgan fingerprint density at radius 3 is 2.69 bits per heavy atom. The molecule has 0 aliphatic rings. The highest BCUT2D eigenvalue weighted by atomic mass is 32.2. The van der Waals surface area contributed by atoms with Crippen LogP contribution in [0.25, 0.3) is 22.3 Å². The third-order valence-electron chi connectivity index (χ3n) is 6.19. The number of nitrogens with one attached hydrogen (secondary N) is 2. The zero-order valence-corrected chi connectivity index (χ0v) is 21.8. The minimum absolute atomic E-state index is 0.0366. The van der Waals surface area contributed by atoms with E-state index in [0.717, 1.165) is 10.9 Å². The van der Waals surface area contributed by atoms with E-state index in [2.05, 4.69) is 19.7 Å². The zero-order chi connectivity index (χ0) is 27.5. The molecule has 5 rings (SSSR count). The number of esters is 1. The number of aryl methyl sites for hydroxylation is 1. The number of carbonyl (C=O) groups is 2. The number of ether oxygens (including phenoxy) is 2.